The summed E-state index contributed by atoms with van der Waals surface area (Å²) in [5, 5.41) is 2.68. The van der Waals surface area contributed by atoms with Gasteiger partial charge in [0.1, 0.15) is 6.61 Å². The molecular weight excluding hydrogens is 334 g/mol. The van der Waals surface area contributed by atoms with Crippen molar-refractivity contribution in [3.63, 3.8) is 0 Å². The lowest BCUT2D eigenvalue weighted by molar-refractivity contribution is -0.123. The fourth-order valence-corrected chi connectivity index (χ4v) is 2.11. The van der Waals surface area contributed by atoms with E-state index in [2.05, 4.69) is 11.9 Å². The Balaban J connectivity index is 2.01. The Morgan fingerprint density at radius 2 is 1.88 bits per heavy atom. The molecule has 2 aromatic rings. The highest BCUT2D eigenvalue weighted by Gasteiger charge is 2.20. The van der Waals surface area contributed by atoms with Crippen LogP contribution in [0.15, 0.2) is 61.2 Å². The van der Waals surface area contributed by atoms with Gasteiger partial charge < -0.3 is 19.5 Å². The van der Waals surface area contributed by atoms with Gasteiger partial charge in [-0.3, -0.25) is 4.79 Å². The average Bonchev–Trinajstić information content (AvgIpc) is 2.66. The van der Waals surface area contributed by atoms with Crippen molar-refractivity contribution in [1.82, 2.24) is 0 Å². The number of para-hydroxylation sites is 1. The van der Waals surface area contributed by atoms with Crippen LogP contribution >= 0.6 is 0 Å². The summed E-state index contributed by atoms with van der Waals surface area (Å²) in [7, 11) is 1.47. The summed E-state index contributed by atoms with van der Waals surface area (Å²) in [6.45, 7) is 5.40. The van der Waals surface area contributed by atoms with Gasteiger partial charge >= 0.3 is 5.97 Å². The van der Waals surface area contributed by atoms with Crippen LogP contribution in [-0.4, -0.2) is 31.7 Å². The molecule has 1 unspecified atom stereocenters. The zero-order valence-corrected chi connectivity index (χ0v) is 14.7. The van der Waals surface area contributed by atoms with E-state index in [4.69, 9.17) is 14.2 Å². The summed E-state index contributed by atoms with van der Waals surface area (Å²) in [6.07, 6.45) is 0.652. The number of hydrogen-bond acceptors (Lipinski definition) is 5. The van der Waals surface area contributed by atoms with Gasteiger partial charge in [-0.15, -0.1) is 0 Å². The molecule has 0 heterocycles. The third-order valence-corrected chi connectivity index (χ3v) is 3.45. The third-order valence-electron chi connectivity index (χ3n) is 3.45. The largest absolute Gasteiger partial charge is 0.493 e. The van der Waals surface area contributed by atoms with Crippen molar-refractivity contribution in [2.45, 2.75) is 13.0 Å². The van der Waals surface area contributed by atoms with Crippen molar-refractivity contribution < 1.29 is 23.8 Å². The molecule has 136 valence electrons. The number of carbonyl (C=O) groups excluding carboxylic acids is 2. The Labute approximate surface area is 152 Å². The van der Waals surface area contributed by atoms with Crippen molar-refractivity contribution in [2.24, 2.45) is 0 Å². The van der Waals surface area contributed by atoms with Gasteiger partial charge in [0.25, 0.3) is 5.91 Å². The zero-order valence-electron chi connectivity index (χ0n) is 14.7. The molecule has 0 aromatic heterocycles. The van der Waals surface area contributed by atoms with Crippen LogP contribution in [0.25, 0.3) is 0 Å². The molecule has 2 rings (SSSR count). The van der Waals surface area contributed by atoms with Crippen molar-refractivity contribution in [3.05, 3.63) is 66.7 Å². The van der Waals surface area contributed by atoms with Gasteiger partial charge in [0, 0.05) is 5.69 Å². The Kier molecular flexibility index (Phi) is 6.79. The van der Waals surface area contributed by atoms with E-state index in [1.807, 2.05) is 6.07 Å². The van der Waals surface area contributed by atoms with Gasteiger partial charge in [-0.1, -0.05) is 30.9 Å². The molecule has 0 spiro atoms. The van der Waals surface area contributed by atoms with E-state index in [0.717, 1.165) is 0 Å². The van der Waals surface area contributed by atoms with E-state index in [-0.39, 0.29) is 5.56 Å². The normalized spacial score (nSPS) is 11.2. The molecule has 0 saturated carbocycles. The van der Waals surface area contributed by atoms with Gasteiger partial charge in [0.05, 0.1) is 12.7 Å². The number of nitrogens with one attached hydrogen (secondary N) is 1. The Hall–Kier alpha value is -3.28. The number of hydrogen-bond donors (Lipinski definition) is 1. The minimum Gasteiger partial charge on any atom is -0.493 e. The SMILES string of the molecule is C=CCOc1ccc(C(=O)OC(C)C(=O)Nc2ccccc2)cc1OC. The van der Waals surface area contributed by atoms with E-state index in [1.165, 1.54) is 20.1 Å². The minimum absolute atomic E-state index is 0.257. The monoisotopic (exact) mass is 355 g/mol. The van der Waals surface area contributed by atoms with E-state index in [1.54, 1.807) is 42.5 Å². The molecule has 1 N–H and O–H groups in total. The number of esters is 1. The number of rotatable bonds is 8. The second kappa shape index (κ2) is 9.27. The van der Waals surface area contributed by atoms with E-state index in [9.17, 15) is 9.59 Å². The minimum atomic E-state index is -0.953. The van der Waals surface area contributed by atoms with Gasteiger partial charge in [0.2, 0.25) is 0 Å². The van der Waals surface area contributed by atoms with Crippen molar-refractivity contribution >= 4 is 17.6 Å². The average molecular weight is 355 g/mol. The first-order valence-corrected chi connectivity index (χ1v) is 8.03. The molecule has 26 heavy (non-hydrogen) atoms. The number of methoxy groups -OCH3 is 1. The molecule has 0 aliphatic carbocycles. The smallest absolute Gasteiger partial charge is 0.339 e. The first-order valence-electron chi connectivity index (χ1n) is 8.03. The van der Waals surface area contributed by atoms with Crippen molar-refractivity contribution in [2.75, 3.05) is 19.0 Å². The molecule has 0 saturated heterocycles. The van der Waals surface area contributed by atoms with Crippen molar-refractivity contribution in [1.29, 1.82) is 0 Å². The molecule has 6 nitrogen and oxygen atoms in total. The quantitative estimate of drug-likeness (QED) is 0.580. The fourth-order valence-electron chi connectivity index (χ4n) is 2.11. The van der Waals surface area contributed by atoms with Crippen LogP contribution in [0, 0.1) is 0 Å². The molecule has 2 aromatic carbocycles. The van der Waals surface area contributed by atoms with Crippen LogP contribution in [0.2, 0.25) is 0 Å². The second-order valence-corrected chi connectivity index (χ2v) is 5.37. The highest BCUT2D eigenvalue weighted by atomic mass is 16.5. The molecule has 0 radical (unpaired) electrons. The van der Waals surface area contributed by atoms with Gasteiger partial charge in [-0.25, -0.2) is 4.79 Å². The predicted molar refractivity (Wildman–Crippen MR) is 98.6 cm³/mol. The Morgan fingerprint density at radius 3 is 2.54 bits per heavy atom. The molecule has 0 fully saturated rings. The van der Waals surface area contributed by atoms with E-state index in [0.29, 0.717) is 23.8 Å². The van der Waals surface area contributed by atoms with Crippen LogP contribution in [0.5, 0.6) is 11.5 Å². The number of anilines is 1. The predicted octanol–water partition coefficient (Wildman–Crippen LogP) is 3.44. The first-order chi connectivity index (χ1) is 12.5. The standard InChI is InChI=1S/C20H21NO5/c1-4-12-25-17-11-10-15(13-18(17)24-3)20(23)26-14(2)19(22)21-16-8-6-5-7-9-16/h4-11,13-14H,1,12H2,2-3H3,(H,21,22). The van der Waals surface area contributed by atoms with E-state index >= 15 is 0 Å². The van der Waals surface area contributed by atoms with E-state index < -0.39 is 18.0 Å². The summed E-state index contributed by atoms with van der Waals surface area (Å²) >= 11 is 0. The molecule has 0 bridgehead atoms. The highest BCUT2D eigenvalue weighted by Crippen LogP contribution is 2.28. The fraction of sp³-hybridized carbons (Fsp3) is 0.200. The lowest BCUT2D eigenvalue weighted by Crippen LogP contribution is -2.30. The molecule has 0 aliphatic heterocycles. The zero-order chi connectivity index (χ0) is 18.9. The number of benzene rings is 2. The lowest BCUT2D eigenvalue weighted by Gasteiger charge is -2.15. The van der Waals surface area contributed by atoms with Crippen LogP contribution < -0.4 is 14.8 Å². The van der Waals surface area contributed by atoms with Crippen LogP contribution in [0.3, 0.4) is 0 Å². The Morgan fingerprint density at radius 1 is 1.15 bits per heavy atom. The number of ether oxygens (including phenoxy) is 3. The lowest BCUT2D eigenvalue weighted by atomic mass is 10.2. The maximum Gasteiger partial charge on any atom is 0.339 e. The van der Waals surface area contributed by atoms with Gasteiger partial charge in [-0.05, 0) is 37.3 Å². The number of carbonyl (C=O) groups is 2. The van der Waals surface area contributed by atoms with Crippen molar-refractivity contribution in [3.8, 4) is 11.5 Å². The maximum absolute atomic E-state index is 12.3. The Bertz CT molecular complexity index is 773. The summed E-state index contributed by atoms with van der Waals surface area (Å²) in [5.74, 6) is -0.168. The van der Waals surface area contributed by atoms with Gasteiger partial charge in [0.15, 0.2) is 17.6 Å². The van der Waals surface area contributed by atoms with Crippen LogP contribution in [0.1, 0.15) is 17.3 Å². The number of amides is 1. The topological polar surface area (TPSA) is 73.9 Å². The summed E-state index contributed by atoms with van der Waals surface area (Å²) in [6, 6.07) is 13.6. The molecule has 1 amide bonds. The van der Waals surface area contributed by atoms with Crippen LogP contribution in [0.4, 0.5) is 5.69 Å². The molecular formula is C20H21NO5. The molecule has 6 heteroatoms. The maximum atomic E-state index is 12.3. The van der Waals surface area contributed by atoms with Crippen LogP contribution in [-0.2, 0) is 9.53 Å². The summed E-state index contributed by atoms with van der Waals surface area (Å²) in [5.41, 5.74) is 0.887. The van der Waals surface area contributed by atoms with Gasteiger partial charge in [-0.2, -0.15) is 0 Å². The summed E-state index contributed by atoms with van der Waals surface area (Å²) < 4.78 is 15.9. The molecule has 0 aliphatic rings. The third kappa shape index (κ3) is 5.11. The summed E-state index contributed by atoms with van der Waals surface area (Å²) in [4.78, 5) is 24.4. The first kappa shape index (κ1) is 19.1. The second-order valence-electron chi connectivity index (χ2n) is 5.37. The molecule has 1 atom stereocenters. The highest BCUT2D eigenvalue weighted by molar-refractivity contribution is 5.97.